The largest absolute Gasteiger partial charge is 0.274 e. The lowest BCUT2D eigenvalue weighted by Gasteiger charge is -2.18. The highest BCUT2D eigenvalue weighted by molar-refractivity contribution is 7.90. The molecule has 1 aromatic carbocycles. The van der Waals surface area contributed by atoms with Crippen molar-refractivity contribution < 1.29 is 13.2 Å². The summed E-state index contributed by atoms with van der Waals surface area (Å²) in [7, 11) is -3.77. The molecule has 0 spiro atoms. The smallest absolute Gasteiger partial charge is 0.264 e. The Morgan fingerprint density at radius 2 is 1.95 bits per heavy atom. The van der Waals surface area contributed by atoms with Crippen LogP contribution in [0.1, 0.15) is 38.2 Å². The van der Waals surface area contributed by atoms with Gasteiger partial charge in [-0.25, -0.2) is 13.1 Å². The summed E-state index contributed by atoms with van der Waals surface area (Å²) in [5.41, 5.74) is 2.01. The molecule has 0 radical (unpaired) electrons. The van der Waals surface area contributed by atoms with E-state index in [4.69, 9.17) is 0 Å². The maximum Gasteiger partial charge on any atom is 0.264 e. The number of benzene rings is 1. The molecule has 0 aliphatic heterocycles. The first kappa shape index (κ1) is 15.8. The second-order valence-electron chi connectivity index (χ2n) is 5.77. The van der Waals surface area contributed by atoms with E-state index in [0.717, 1.165) is 30.4 Å². The van der Waals surface area contributed by atoms with Crippen LogP contribution in [0.25, 0.3) is 0 Å². The number of aryl methyl sites for hydroxylation is 1. The summed E-state index contributed by atoms with van der Waals surface area (Å²) in [6.07, 6.45) is 5.19. The number of carbonyl (C=O) groups is 1. The molecule has 0 bridgehead atoms. The molecular formula is C16H21NO3S. The number of hydrogen-bond donors (Lipinski definition) is 1. The standard InChI is InChI=1S/C16H21NO3S/c1-12-6-8-15(9-7-12)21(19,20)17-16(18)11-14-5-3-4-13(2)10-14/h5-9,13H,3-4,10-11H2,1-2H3,(H,17,18). The third-order valence-electron chi connectivity index (χ3n) is 3.67. The summed E-state index contributed by atoms with van der Waals surface area (Å²) >= 11 is 0. The normalized spacial score (nSPS) is 19.0. The molecule has 0 aromatic heterocycles. The van der Waals surface area contributed by atoms with Gasteiger partial charge in [-0.3, -0.25) is 4.79 Å². The third-order valence-corrected chi connectivity index (χ3v) is 5.06. The van der Waals surface area contributed by atoms with Gasteiger partial charge in [-0.15, -0.1) is 0 Å². The molecule has 0 heterocycles. The van der Waals surface area contributed by atoms with E-state index in [1.807, 2.05) is 6.92 Å². The van der Waals surface area contributed by atoms with Crippen molar-refractivity contribution >= 4 is 15.9 Å². The molecule has 114 valence electrons. The Kier molecular flexibility index (Phi) is 4.83. The van der Waals surface area contributed by atoms with E-state index in [2.05, 4.69) is 17.7 Å². The van der Waals surface area contributed by atoms with E-state index in [9.17, 15) is 13.2 Å². The molecule has 0 fully saturated rings. The molecule has 4 nitrogen and oxygen atoms in total. The van der Waals surface area contributed by atoms with Crippen LogP contribution in [0, 0.1) is 12.8 Å². The highest BCUT2D eigenvalue weighted by Gasteiger charge is 2.19. The predicted molar refractivity (Wildman–Crippen MR) is 82.2 cm³/mol. The highest BCUT2D eigenvalue weighted by Crippen LogP contribution is 2.25. The Bertz CT molecular complexity index is 645. The molecule has 1 N–H and O–H groups in total. The van der Waals surface area contributed by atoms with Gasteiger partial charge in [0.25, 0.3) is 10.0 Å². The van der Waals surface area contributed by atoms with Gasteiger partial charge in [0.1, 0.15) is 0 Å². The molecule has 1 aliphatic carbocycles. The van der Waals surface area contributed by atoms with Gasteiger partial charge in [-0.2, -0.15) is 0 Å². The lowest BCUT2D eigenvalue weighted by molar-refractivity contribution is -0.118. The van der Waals surface area contributed by atoms with Crippen molar-refractivity contribution in [3.8, 4) is 0 Å². The number of carbonyl (C=O) groups excluding carboxylic acids is 1. The number of amides is 1. The minimum absolute atomic E-state index is 0.118. The molecule has 5 heteroatoms. The number of allylic oxidation sites excluding steroid dienone is 1. The Morgan fingerprint density at radius 1 is 1.29 bits per heavy atom. The van der Waals surface area contributed by atoms with Crippen LogP contribution in [-0.4, -0.2) is 14.3 Å². The van der Waals surface area contributed by atoms with Crippen LogP contribution in [0.4, 0.5) is 0 Å². The van der Waals surface area contributed by atoms with Gasteiger partial charge >= 0.3 is 0 Å². The minimum atomic E-state index is -3.77. The van der Waals surface area contributed by atoms with Gasteiger partial charge < -0.3 is 0 Å². The van der Waals surface area contributed by atoms with Crippen molar-refractivity contribution in [3.05, 3.63) is 41.5 Å². The van der Waals surface area contributed by atoms with Crippen molar-refractivity contribution in [1.29, 1.82) is 0 Å². The van der Waals surface area contributed by atoms with Crippen LogP contribution < -0.4 is 4.72 Å². The van der Waals surface area contributed by atoms with Crippen molar-refractivity contribution in [1.82, 2.24) is 4.72 Å². The first-order chi connectivity index (χ1) is 9.87. The average Bonchev–Trinajstić information content (AvgIpc) is 2.38. The van der Waals surface area contributed by atoms with Crippen LogP contribution in [0.5, 0.6) is 0 Å². The highest BCUT2D eigenvalue weighted by atomic mass is 32.2. The van der Waals surface area contributed by atoms with Crippen molar-refractivity contribution in [2.45, 2.75) is 44.4 Å². The van der Waals surface area contributed by atoms with Crippen LogP contribution in [0.3, 0.4) is 0 Å². The van der Waals surface area contributed by atoms with E-state index in [0.29, 0.717) is 5.92 Å². The molecule has 1 aliphatic rings. The molecule has 1 unspecified atom stereocenters. The van der Waals surface area contributed by atoms with Crippen LogP contribution in [0.2, 0.25) is 0 Å². The summed E-state index contributed by atoms with van der Waals surface area (Å²) in [6, 6.07) is 6.44. The molecule has 1 atom stereocenters. The zero-order valence-corrected chi connectivity index (χ0v) is 13.2. The Morgan fingerprint density at radius 3 is 2.57 bits per heavy atom. The van der Waals surface area contributed by atoms with E-state index < -0.39 is 15.9 Å². The second kappa shape index (κ2) is 6.43. The molecule has 0 saturated carbocycles. The van der Waals surface area contributed by atoms with Gasteiger partial charge in [0.15, 0.2) is 0 Å². The van der Waals surface area contributed by atoms with Gasteiger partial charge in [-0.1, -0.05) is 36.3 Å². The average molecular weight is 307 g/mol. The monoisotopic (exact) mass is 307 g/mol. The number of sulfonamides is 1. The zero-order valence-electron chi connectivity index (χ0n) is 12.4. The van der Waals surface area contributed by atoms with Crippen LogP contribution in [-0.2, 0) is 14.8 Å². The fraction of sp³-hybridized carbons (Fsp3) is 0.438. The first-order valence-corrected chi connectivity index (χ1v) is 8.65. The maximum absolute atomic E-state index is 12.1. The lowest BCUT2D eigenvalue weighted by atomic mass is 9.89. The van der Waals surface area contributed by atoms with E-state index in [1.165, 1.54) is 12.1 Å². The summed E-state index contributed by atoms with van der Waals surface area (Å²) < 4.78 is 26.4. The zero-order chi connectivity index (χ0) is 15.5. The third kappa shape index (κ3) is 4.43. The van der Waals surface area contributed by atoms with Crippen LogP contribution >= 0.6 is 0 Å². The van der Waals surface area contributed by atoms with E-state index in [1.54, 1.807) is 12.1 Å². The maximum atomic E-state index is 12.1. The fourth-order valence-corrected chi connectivity index (χ4v) is 3.50. The van der Waals surface area contributed by atoms with Gasteiger partial charge in [0, 0.05) is 6.42 Å². The summed E-state index contributed by atoms with van der Waals surface area (Å²) in [5.74, 6) is 0.0995. The summed E-state index contributed by atoms with van der Waals surface area (Å²) in [6.45, 7) is 4.03. The molecule has 1 amide bonds. The Labute approximate surface area is 126 Å². The van der Waals surface area contributed by atoms with Crippen molar-refractivity contribution in [2.24, 2.45) is 5.92 Å². The van der Waals surface area contributed by atoms with Crippen LogP contribution in [0.15, 0.2) is 40.8 Å². The van der Waals surface area contributed by atoms with Gasteiger partial charge in [0.05, 0.1) is 4.90 Å². The molecule has 2 rings (SSSR count). The number of nitrogens with one attached hydrogen (secondary N) is 1. The van der Waals surface area contributed by atoms with E-state index in [-0.39, 0.29) is 11.3 Å². The second-order valence-corrected chi connectivity index (χ2v) is 7.45. The predicted octanol–water partition coefficient (Wildman–Crippen LogP) is 2.94. The summed E-state index contributed by atoms with van der Waals surface area (Å²) in [5, 5.41) is 0. The topological polar surface area (TPSA) is 63.2 Å². The molecule has 0 saturated heterocycles. The molecular weight excluding hydrogens is 286 g/mol. The van der Waals surface area contributed by atoms with Gasteiger partial charge in [-0.05, 0) is 44.2 Å². The molecule has 1 aromatic rings. The quantitative estimate of drug-likeness (QED) is 0.870. The fourth-order valence-electron chi connectivity index (χ4n) is 2.52. The SMILES string of the molecule is Cc1ccc(S(=O)(=O)NC(=O)CC2=CCCC(C)C2)cc1. The van der Waals surface area contributed by atoms with Gasteiger partial charge in [0.2, 0.25) is 5.91 Å². The Balaban J connectivity index is 2.01. The molecule has 21 heavy (non-hydrogen) atoms. The first-order valence-electron chi connectivity index (χ1n) is 7.17. The van der Waals surface area contributed by atoms with E-state index >= 15 is 0 Å². The number of rotatable bonds is 4. The minimum Gasteiger partial charge on any atom is -0.274 e. The Hall–Kier alpha value is -1.62. The van der Waals surface area contributed by atoms with Crippen molar-refractivity contribution in [2.75, 3.05) is 0 Å². The number of hydrogen-bond acceptors (Lipinski definition) is 3. The summed E-state index contributed by atoms with van der Waals surface area (Å²) in [4.78, 5) is 12.1. The van der Waals surface area contributed by atoms with Crippen molar-refractivity contribution in [3.63, 3.8) is 0 Å². The lowest BCUT2D eigenvalue weighted by Crippen LogP contribution is -2.31.